The summed E-state index contributed by atoms with van der Waals surface area (Å²) in [7, 11) is 1.48. The summed E-state index contributed by atoms with van der Waals surface area (Å²) in [5, 5.41) is 3.11. The standard InChI is InChI=1S/C19H18ClF2NO4/c1-3-26-17-10-12(4-7-16(17)27-19(21)22)5-9-18(24)23-14-11-13(20)6-8-15(14)25-2/h4-11,19H,3H2,1-2H3,(H,23,24)/b9-5+. The first-order valence-corrected chi connectivity index (χ1v) is 8.35. The van der Waals surface area contributed by atoms with E-state index >= 15 is 0 Å². The monoisotopic (exact) mass is 397 g/mol. The van der Waals surface area contributed by atoms with Crippen LogP contribution >= 0.6 is 11.6 Å². The lowest BCUT2D eigenvalue weighted by molar-refractivity contribution is -0.111. The molecule has 1 N–H and O–H groups in total. The average molecular weight is 398 g/mol. The van der Waals surface area contributed by atoms with Gasteiger partial charge in [-0.25, -0.2) is 0 Å². The summed E-state index contributed by atoms with van der Waals surface area (Å²) >= 11 is 5.92. The van der Waals surface area contributed by atoms with Gasteiger partial charge in [0.25, 0.3) is 0 Å². The molecule has 5 nitrogen and oxygen atoms in total. The van der Waals surface area contributed by atoms with E-state index in [9.17, 15) is 13.6 Å². The molecule has 144 valence electrons. The first-order valence-electron chi connectivity index (χ1n) is 7.97. The first kappa shape index (κ1) is 20.5. The molecule has 8 heteroatoms. The van der Waals surface area contributed by atoms with Gasteiger partial charge in [-0.05, 0) is 48.9 Å². The molecule has 2 rings (SSSR count). The van der Waals surface area contributed by atoms with Crippen molar-refractivity contribution in [1.82, 2.24) is 0 Å². The van der Waals surface area contributed by atoms with Crippen LogP contribution in [-0.4, -0.2) is 26.2 Å². The van der Waals surface area contributed by atoms with Gasteiger partial charge in [-0.1, -0.05) is 17.7 Å². The topological polar surface area (TPSA) is 56.8 Å². The summed E-state index contributed by atoms with van der Waals surface area (Å²) < 4.78 is 39.7. The highest BCUT2D eigenvalue weighted by Crippen LogP contribution is 2.30. The van der Waals surface area contributed by atoms with Crippen LogP contribution in [0.2, 0.25) is 5.02 Å². The molecule has 0 atom stereocenters. The number of anilines is 1. The number of methoxy groups -OCH3 is 1. The van der Waals surface area contributed by atoms with Crippen LogP contribution in [0.3, 0.4) is 0 Å². The van der Waals surface area contributed by atoms with E-state index in [1.807, 2.05) is 0 Å². The fraction of sp³-hybridized carbons (Fsp3) is 0.211. The molecule has 0 spiro atoms. The van der Waals surface area contributed by atoms with E-state index in [4.69, 9.17) is 21.1 Å². The second kappa shape index (κ2) is 9.78. The summed E-state index contributed by atoms with van der Waals surface area (Å²) in [5.41, 5.74) is 1.00. The van der Waals surface area contributed by atoms with Crippen LogP contribution in [0.15, 0.2) is 42.5 Å². The molecule has 2 aromatic carbocycles. The van der Waals surface area contributed by atoms with Crippen molar-refractivity contribution in [2.24, 2.45) is 0 Å². The Balaban J connectivity index is 2.13. The van der Waals surface area contributed by atoms with Crippen molar-refractivity contribution in [3.8, 4) is 17.2 Å². The number of alkyl halides is 2. The van der Waals surface area contributed by atoms with E-state index in [2.05, 4.69) is 10.1 Å². The lowest BCUT2D eigenvalue weighted by atomic mass is 10.2. The van der Waals surface area contributed by atoms with Gasteiger partial charge in [0.15, 0.2) is 11.5 Å². The van der Waals surface area contributed by atoms with Crippen LogP contribution in [0.4, 0.5) is 14.5 Å². The largest absolute Gasteiger partial charge is 0.495 e. The van der Waals surface area contributed by atoms with Gasteiger partial charge in [0, 0.05) is 11.1 Å². The average Bonchev–Trinajstić information content (AvgIpc) is 2.62. The minimum atomic E-state index is -2.95. The molecule has 0 aliphatic rings. The smallest absolute Gasteiger partial charge is 0.387 e. The predicted octanol–water partition coefficient (Wildman–Crippen LogP) is 5.00. The molecule has 0 heterocycles. The Kier molecular flexibility index (Phi) is 7.43. The number of carbonyl (C=O) groups excluding carboxylic acids is 1. The maximum absolute atomic E-state index is 12.4. The highest BCUT2D eigenvalue weighted by Gasteiger charge is 2.11. The second-order valence-corrected chi connectivity index (χ2v) is 5.62. The molecule has 0 saturated carbocycles. The number of halogens is 3. The molecule has 0 aliphatic heterocycles. The Morgan fingerprint density at radius 2 is 1.93 bits per heavy atom. The van der Waals surface area contributed by atoms with Crippen molar-refractivity contribution in [1.29, 1.82) is 0 Å². The SMILES string of the molecule is CCOc1cc(/C=C/C(=O)Nc2cc(Cl)ccc2OC)ccc1OC(F)F. The van der Waals surface area contributed by atoms with Gasteiger partial charge in [-0.15, -0.1) is 0 Å². The summed E-state index contributed by atoms with van der Waals surface area (Å²) in [4.78, 5) is 12.1. The zero-order chi connectivity index (χ0) is 19.8. The van der Waals surface area contributed by atoms with Crippen molar-refractivity contribution in [2.75, 3.05) is 19.0 Å². The van der Waals surface area contributed by atoms with Crippen LogP contribution in [0.5, 0.6) is 17.2 Å². The molecule has 0 aromatic heterocycles. The van der Waals surface area contributed by atoms with Crippen LogP contribution < -0.4 is 19.5 Å². The zero-order valence-electron chi connectivity index (χ0n) is 14.7. The minimum absolute atomic E-state index is 0.0721. The predicted molar refractivity (Wildman–Crippen MR) is 99.9 cm³/mol. The van der Waals surface area contributed by atoms with Crippen LogP contribution in [0, 0.1) is 0 Å². The van der Waals surface area contributed by atoms with Crippen molar-refractivity contribution >= 4 is 29.3 Å². The quantitative estimate of drug-likeness (QED) is 0.637. The normalized spacial score (nSPS) is 10.9. The third-order valence-electron chi connectivity index (χ3n) is 3.33. The van der Waals surface area contributed by atoms with Crippen LogP contribution in [0.1, 0.15) is 12.5 Å². The maximum atomic E-state index is 12.4. The molecule has 2 aromatic rings. The summed E-state index contributed by atoms with van der Waals surface area (Å²) in [6, 6.07) is 9.24. The number of nitrogens with one attached hydrogen (secondary N) is 1. The van der Waals surface area contributed by atoms with Crippen LogP contribution in [-0.2, 0) is 4.79 Å². The van der Waals surface area contributed by atoms with E-state index in [1.54, 1.807) is 25.1 Å². The van der Waals surface area contributed by atoms with Gasteiger partial charge in [0.1, 0.15) is 5.75 Å². The highest BCUT2D eigenvalue weighted by molar-refractivity contribution is 6.31. The Bertz CT molecular complexity index is 827. The molecule has 0 bridgehead atoms. The first-order chi connectivity index (χ1) is 12.9. The lowest BCUT2D eigenvalue weighted by Gasteiger charge is -2.11. The summed E-state index contributed by atoms with van der Waals surface area (Å²) in [6.45, 7) is -0.952. The van der Waals surface area contributed by atoms with Crippen molar-refractivity contribution < 1.29 is 27.8 Å². The van der Waals surface area contributed by atoms with Crippen molar-refractivity contribution in [3.63, 3.8) is 0 Å². The Labute approximate surface area is 160 Å². The van der Waals surface area contributed by atoms with Gasteiger partial charge in [-0.2, -0.15) is 8.78 Å². The van der Waals surface area contributed by atoms with E-state index in [1.165, 1.54) is 37.5 Å². The third-order valence-corrected chi connectivity index (χ3v) is 3.57. The van der Waals surface area contributed by atoms with Crippen LogP contribution in [0.25, 0.3) is 6.08 Å². The van der Waals surface area contributed by atoms with E-state index < -0.39 is 12.5 Å². The second-order valence-electron chi connectivity index (χ2n) is 5.18. The molecule has 1 amide bonds. The molecule has 0 fully saturated rings. The van der Waals surface area contributed by atoms with Crippen molar-refractivity contribution in [2.45, 2.75) is 13.5 Å². The van der Waals surface area contributed by atoms with Crippen molar-refractivity contribution in [3.05, 3.63) is 53.1 Å². The summed E-state index contributed by atoms with van der Waals surface area (Å²) in [6.07, 6.45) is 2.81. The molecule has 0 saturated heterocycles. The fourth-order valence-corrected chi connectivity index (χ4v) is 2.39. The number of ether oxygens (including phenoxy) is 3. The maximum Gasteiger partial charge on any atom is 0.387 e. The molecule has 0 radical (unpaired) electrons. The number of carbonyl (C=O) groups is 1. The van der Waals surface area contributed by atoms with E-state index in [0.29, 0.717) is 22.0 Å². The highest BCUT2D eigenvalue weighted by atomic mass is 35.5. The molecule has 0 unspecified atom stereocenters. The van der Waals surface area contributed by atoms with E-state index in [0.717, 1.165) is 0 Å². The Morgan fingerprint density at radius 3 is 2.59 bits per heavy atom. The minimum Gasteiger partial charge on any atom is -0.495 e. The molecule has 0 aliphatic carbocycles. The Morgan fingerprint density at radius 1 is 1.19 bits per heavy atom. The third kappa shape index (κ3) is 6.14. The van der Waals surface area contributed by atoms with Gasteiger partial charge >= 0.3 is 6.61 Å². The van der Waals surface area contributed by atoms with E-state index in [-0.39, 0.29) is 18.1 Å². The number of rotatable bonds is 8. The van der Waals surface area contributed by atoms with Gasteiger partial charge in [0.2, 0.25) is 5.91 Å². The number of hydrogen-bond acceptors (Lipinski definition) is 4. The molecule has 27 heavy (non-hydrogen) atoms. The lowest BCUT2D eigenvalue weighted by Crippen LogP contribution is -2.09. The van der Waals surface area contributed by atoms with Gasteiger partial charge < -0.3 is 19.5 Å². The number of benzene rings is 2. The number of hydrogen-bond donors (Lipinski definition) is 1. The Hall–Kier alpha value is -2.80. The zero-order valence-corrected chi connectivity index (χ0v) is 15.4. The number of amides is 1. The van der Waals surface area contributed by atoms with Gasteiger partial charge in [-0.3, -0.25) is 4.79 Å². The molecular weight excluding hydrogens is 380 g/mol. The van der Waals surface area contributed by atoms with Gasteiger partial charge in [0.05, 0.1) is 19.4 Å². The summed E-state index contributed by atoms with van der Waals surface area (Å²) in [5.74, 6) is 0.142. The fourth-order valence-electron chi connectivity index (χ4n) is 2.21. The molecular formula is C19H18ClF2NO4.